The summed E-state index contributed by atoms with van der Waals surface area (Å²) in [7, 11) is 0. The lowest BCUT2D eigenvalue weighted by Crippen LogP contribution is -2.44. The molecule has 2 aromatic rings. The first kappa shape index (κ1) is 18.7. The lowest BCUT2D eigenvalue weighted by Gasteiger charge is -2.26. The third kappa shape index (κ3) is 5.44. The SMILES string of the molecule is O=C(NCc1ccccc1OC(F)(F)F)NCC1COc2ccccc2O1. The number of carbonyl (C=O) groups excluding carboxylic acids is 1. The average Bonchev–Trinajstić information content (AvgIpc) is 2.64. The van der Waals surface area contributed by atoms with Crippen LogP contribution in [0.3, 0.4) is 0 Å². The van der Waals surface area contributed by atoms with Crippen LogP contribution in [0.4, 0.5) is 18.0 Å². The highest BCUT2D eigenvalue weighted by Gasteiger charge is 2.32. The van der Waals surface area contributed by atoms with Gasteiger partial charge < -0.3 is 24.8 Å². The molecule has 2 N–H and O–H groups in total. The fourth-order valence-electron chi connectivity index (χ4n) is 2.48. The van der Waals surface area contributed by atoms with Crippen LogP contribution in [0.15, 0.2) is 48.5 Å². The summed E-state index contributed by atoms with van der Waals surface area (Å²) < 4.78 is 52.4. The lowest BCUT2D eigenvalue weighted by molar-refractivity contribution is -0.274. The number of benzene rings is 2. The molecule has 0 saturated carbocycles. The fraction of sp³-hybridized carbons (Fsp3) is 0.278. The summed E-state index contributed by atoms with van der Waals surface area (Å²) >= 11 is 0. The van der Waals surface area contributed by atoms with Gasteiger partial charge in [-0.05, 0) is 18.2 Å². The molecule has 0 aliphatic carbocycles. The number of fused-ring (bicyclic) bond motifs is 1. The zero-order valence-electron chi connectivity index (χ0n) is 14.1. The van der Waals surface area contributed by atoms with Crippen LogP contribution in [0.5, 0.6) is 17.2 Å². The van der Waals surface area contributed by atoms with E-state index < -0.39 is 12.4 Å². The Morgan fingerprint density at radius 1 is 1.07 bits per heavy atom. The Morgan fingerprint density at radius 2 is 1.78 bits per heavy atom. The molecule has 2 amide bonds. The van der Waals surface area contributed by atoms with Gasteiger partial charge in [-0.2, -0.15) is 0 Å². The van der Waals surface area contributed by atoms with Gasteiger partial charge in [-0.25, -0.2) is 4.79 Å². The van der Waals surface area contributed by atoms with Crippen molar-refractivity contribution in [3.05, 3.63) is 54.1 Å². The Balaban J connectivity index is 1.47. The van der Waals surface area contributed by atoms with Crippen molar-refractivity contribution in [3.63, 3.8) is 0 Å². The Bertz CT molecular complexity index is 798. The van der Waals surface area contributed by atoms with Crippen LogP contribution in [0.1, 0.15) is 5.56 Å². The highest BCUT2D eigenvalue weighted by molar-refractivity contribution is 5.74. The van der Waals surface area contributed by atoms with E-state index >= 15 is 0 Å². The molecule has 1 heterocycles. The van der Waals surface area contributed by atoms with Gasteiger partial charge in [0.2, 0.25) is 0 Å². The third-order valence-corrected chi connectivity index (χ3v) is 3.70. The molecule has 0 radical (unpaired) electrons. The van der Waals surface area contributed by atoms with Crippen molar-refractivity contribution < 1.29 is 32.2 Å². The second kappa shape index (κ2) is 8.07. The Kier molecular flexibility index (Phi) is 5.58. The molecule has 144 valence electrons. The minimum atomic E-state index is -4.80. The van der Waals surface area contributed by atoms with Crippen molar-refractivity contribution in [2.45, 2.75) is 19.0 Å². The van der Waals surface area contributed by atoms with E-state index in [1.165, 1.54) is 18.2 Å². The van der Waals surface area contributed by atoms with Gasteiger partial charge in [-0.3, -0.25) is 0 Å². The van der Waals surface area contributed by atoms with Crippen molar-refractivity contribution in [1.29, 1.82) is 0 Å². The average molecular weight is 382 g/mol. The Morgan fingerprint density at radius 3 is 2.56 bits per heavy atom. The molecule has 1 unspecified atom stereocenters. The molecule has 0 fully saturated rings. The molecule has 27 heavy (non-hydrogen) atoms. The highest BCUT2D eigenvalue weighted by Crippen LogP contribution is 2.30. The molecule has 1 aliphatic heterocycles. The smallest absolute Gasteiger partial charge is 0.486 e. The molecule has 2 aromatic carbocycles. The summed E-state index contributed by atoms with van der Waals surface area (Å²) in [6.45, 7) is 0.337. The van der Waals surface area contributed by atoms with Gasteiger partial charge in [-0.15, -0.1) is 13.2 Å². The maximum atomic E-state index is 12.4. The number of rotatable bonds is 5. The van der Waals surface area contributed by atoms with Gasteiger partial charge in [0.05, 0.1) is 6.54 Å². The lowest BCUT2D eigenvalue weighted by atomic mass is 10.2. The normalized spacial score (nSPS) is 15.7. The van der Waals surface area contributed by atoms with E-state index in [-0.39, 0.29) is 37.1 Å². The van der Waals surface area contributed by atoms with E-state index in [9.17, 15) is 18.0 Å². The third-order valence-electron chi connectivity index (χ3n) is 3.70. The number of halogens is 3. The summed E-state index contributed by atoms with van der Waals surface area (Å²) in [4.78, 5) is 11.9. The van der Waals surface area contributed by atoms with Gasteiger partial charge >= 0.3 is 12.4 Å². The standard InChI is InChI=1S/C18H17F3N2O4/c19-18(20,21)27-14-6-2-1-5-12(14)9-22-17(24)23-10-13-11-25-15-7-3-4-8-16(15)26-13/h1-8,13H,9-11H2,(H2,22,23,24). The van der Waals surface area contributed by atoms with Crippen LogP contribution in [0.25, 0.3) is 0 Å². The summed E-state index contributed by atoms with van der Waals surface area (Å²) in [6.07, 6.45) is -5.17. The van der Waals surface area contributed by atoms with E-state index in [1.54, 1.807) is 18.2 Å². The predicted octanol–water partition coefficient (Wildman–Crippen LogP) is 3.22. The predicted molar refractivity (Wildman–Crippen MR) is 89.7 cm³/mol. The maximum Gasteiger partial charge on any atom is 0.573 e. The van der Waals surface area contributed by atoms with Crippen molar-refractivity contribution in [3.8, 4) is 17.2 Å². The van der Waals surface area contributed by atoms with E-state index in [0.29, 0.717) is 11.5 Å². The number of ether oxygens (including phenoxy) is 3. The number of hydrogen-bond acceptors (Lipinski definition) is 4. The van der Waals surface area contributed by atoms with Crippen LogP contribution in [-0.2, 0) is 6.54 Å². The highest BCUT2D eigenvalue weighted by atomic mass is 19.4. The van der Waals surface area contributed by atoms with Crippen molar-refractivity contribution in [2.75, 3.05) is 13.2 Å². The molecular formula is C18H17F3N2O4. The van der Waals surface area contributed by atoms with Gasteiger partial charge in [0.15, 0.2) is 17.6 Å². The second-order valence-corrected chi connectivity index (χ2v) is 5.72. The Hall–Kier alpha value is -3.10. The van der Waals surface area contributed by atoms with Crippen molar-refractivity contribution in [1.82, 2.24) is 10.6 Å². The molecule has 0 aromatic heterocycles. The topological polar surface area (TPSA) is 68.8 Å². The molecule has 0 bridgehead atoms. The van der Waals surface area contributed by atoms with E-state index in [1.807, 2.05) is 12.1 Å². The summed E-state index contributed by atoms with van der Waals surface area (Å²) in [5, 5.41) is 5.09. The van der Waals surface area contributed by atoms with Crippen LogP contribution in [0, 0.1) is 0 Å². The van der Waals surface area contributed by atoms with Gasteiger partial charge in [0.25, 0.3) is 0 Å². The van der Waals surface area contributed by atoms with E-state index in [2.05, 4.69) is 15.4 Å². The molecule has 0 spiro atoms. The van der Waals surface area contributed by atoms with Crippen molar-refractivity contribution in [2.24, 2.45) is 0 Å². The molecular weight excluding hydrogens is 365 g/mol. The fourth-order valence-corrected chi connectivity index (χ4v) is 2.48. The molecule has 0 saturated heterocycles. The monoisotopic (exact) mass is 382 g/mol. The van der Waals surface area contributed by atoms with Crippen LogP contribution < -0.4 is 24.8 Å². The molecule has 3 rings (SSSR count). The van der Waals surface area contributed by atoms with Gasteiger partial charge in [-0.1, -0.05) is 30.3 Å². The number of amides is 2. The molecule has 1 atom stereocenters. The number of para-hydroxylation sites is 3. The maximum absolute atomic E-state index is 12.4. The number of nitrogens with one attached hydrogen (secondary N) is 2. The van der Waals surface area contributed by atoms with Crippen LogP contribution in [-0.4, -0.2) is 31.6 Å². The number of alkyl halides is 3. The number of carbonyl (C=O) groups is 1. The first-order valence-corrected chi connectivity index (χ1v) is 8.14. The van der Waals surface area contributed by atoms with Crippen LogP contribution in [0.2, 0.25) is 0 Å². The van der Waals surface area contributed by atoms with Crippen molar-refractivity contribution >= 4 is 6.03 Å². The zero-order chi connectivity index (χ0) is 19.3. The number of urea groups is 1. The van der Waals surface area contributed by atoms with Gasteiger partial charge in [0, 0.05) is 12.1 Å². The zero-order valence-corrected chi connectivity index (χ0v) is 14.1. The van der Waals surface area contributed by atoms with E-state index in [4.69, 9.17) is 9.47 Å². The Labute approximate surface area is 153 Å². The first-order chi connectivity index (χ1) is 12.9. The largest absolute Gasteiger partial charge is 0.573 e. The molecule has 6 nitrogen and oxygen atoms in total. The summed E-state index contributed by atoms with van der Waals surface area (Å²) in [6, 6.07) is 12.2. The van der Waals surface area contributed by atoms with E-state index in [0.717, 1.165) is 0 Å². The number of hydrogen-bond donors (Lipinski definition) is 2. The summed E-state index contributed by atoms with van der Waals surface area (Å²) in [5.74, 6) is 0.875. The second-order valence-electron chi connectivity index (χ2n) is 5.72. The summed E-state index contributed by atoms with van der Waals surface area (Å²) in [5.41, 5.74) is 0.205. The van der Waals surface area contributed by atoms with Gasteiger partial charge in [0.1, 0.15) is 12.4 Å². The minimum Gasteiger partial charge on any atom is -0.486 e. The molecule has 9 heteroatoms. The first-order valence-electron chi connectivity index (χ1n) is 8.14. The van der Waals surface area contributed by atoms with Crippen LogP contribution >= 0.6 is 0 Å². The quantitative estimate of drug-likeness (QED) is 0.833. The molecule has 1 aliphatic rings. The minimum absolute atomic E-state index is 0.122.